The van der Waals surface area contributed by atoms with Crippen molar-refractivity contribution >= 4 is 29.1 Å². The third kappa shape index (κ3) is 5.45. The Morgan fingerprint density at radius 2 is 1.81 bits per heavy atom. The maximum atomic E-state index is 13.3. The number of aromatic nitrogens is 1. The van der Waals surface area contributed by atoms with E-state index in [-0.39, 0.29) is 11.7 Å². The summed E-state index contributed by atoms with van der Waals surface area (Å²) in [4.78, 5) is 20.8. The van der Waals surface area contributed by atoms with Gasteiger partial charge in [-0.25, -0.2) is 9.37 Å². The number of oxazole rings is 1. The minimum absolute atomic E-state index is 0.101. The van der Waals surface area contributed by atoms with Crippen LogP contribution in [-0.2, 0) is 19.6 Å². The smallest absolute Gasteiger partial charge is 0.275 e. The summed E-state index contributed by atoms with van der Waals surface area (Å²) in [5.74, 6) is 0.0456. The number of hydrogen-bond donors (Lipinski definition) is 0. The molecule has 0 saturated carbocycles. The zero-order chi connectivity index (χ0) is 21.8. The fraction of sp³-hybridized carbons (Fsp3) is 0.304. The average molecular weight is 462 g/mol. The van der Waals surface area contributed by atoms with Crippen molar-refractivity contribution in [3.63, 3.8) is 0 Å². The molecule has 0 aliphatic carbocycles. The third-order valence-corrected chi connectivity index (χ3v) is 6.13. The fourth-order valence-corrected chi connectivity index (χ4v) is 4.06. The zero-order valence-corrected chi connectivity index (χ0v) is 18.4. The van der Waals surface area contributed by atoms with Crippen molar-refractivity contribution in [1.82, 2.24) is 14.8 Å². The molecular weight excluding hydrogens is 440 g/mol. The van der Waals surface area contributed by atoms with Gasteiger partial charge in [-0.3, -0.25) is 9.69 Å². The molecule has 0 bridgehead atoms. The van der Waals surface area contributed by atoms with Gasteiger partial charge in [0.2, 0.25) is 5.89 Å². The monoisotopic (exact) mass is 461 g/mol. The van der Waals surface area contributed by atoms with Gasteiger partial charge < -0.3 is 9.32 Å². The van der Waals surface area contributed by atoms with Gasteiger partial charge in [0.25, 0.3) is 5.91 Å². The zero-order valence-electron chi connectivity index (χ0n) is 16.9. The molecule has 162 valence electrons. The van der Waals surface area contributed by atoms with Crippen LogP contribution in [0.2, 0.25) is 10.0 Å². The first kappa shape index (κ1) is 21.8. The molecule has 1 saturated heterocycles. The Hall–Kier alpha value is -2.41. The highest BCUT2D eigenvalue weighted by Crippen LogP contribution is 2.27. The number of amides is 1. The number of carbonyl (C=O) groups is 1. The minimum atomic E-state index is -0.286. The summed E-state index contributed by atoms with van der Waals surface area (Å²) >= 11 is 12.6. The van der Waals surface area contributed by atoms with Gasteiger partial charge in [0.1, 0.15) is 12.1 Å². The standard InChI is InChI=1S/C23H22Cl2FN3O2/c24-19-5-3-4-17(22(19)25)13-28(12-16-6-8-18(26)9-7-16)14-21-27-20(15-31-21)23(30)29-10-1-2-11-29/h3-9,15H,1-2,10-14H2. The van der Waals surface area contributed by atoms with Gasteiger partial charge in [-0.1, -0.05) is 47.5 Å². The molecule has 0 radical (unpaired) electrons. The first-order chi connectivity index (χ1) is 15.0. The van der Waals surface area contributed by atoms with Crippen LogP contribution in [0.15, 0.2) is 53.1 Å². The minimum Gasteiger partial charge on any atom is -0.447 e. The van der Waals surface area contributed by atoms with E-state index in [1.54, 1.807) is 23.1 Å². The first-order valence-corrected chi connectivity index (χ1v) is 10.9. The van der Waals surface area contributed by atoms with Gasteiger partial charge in [-0.05, 0) is 42.2 Å². The highest BCUT2D eigenvalue weighted by molar-refractivity contribution is 6.42. The van der Waals surface area contributed by atoms with Crippen LogP contribution >= 0.6 is 23.2 Å². The summed E-state index contributed by atoms with van der Waals surface area (Å²) < 4.78 is 18.9. The summed E-state index contributed by atoms with van der Waals surface area (Å²) in [6.07, 6.45) is 3.45. The van der Waals surface area contributed by atoms with Crippen LogP contribution in [0.5, 0.6) is 0 Å². The van der Waals surface area contributed by atoms with Crippen molar-refractivity contribution in [3.8, 4) is 0 Å². The Morgan fingerprint density at radius 3 is 2.55 bits per heavy atom. The van der Waals surface area contributed by atoms with Gasteiger partial charge >= 0.3 is 0 Å². The first-order valence-electron chi connectivity index (χ1n) is 10.1. The topological polar surface area (TPSA) is 49.6 Å². The average Bonchev–Trinajstić information content (AvgIpc) is 3.45. The predicted molar refractivity (Wildman–Crippen MR) is 117 cm³/mol. The van der Waals surface area contributed by atoms with Gasteiger partial charge in [-0.15, -0.1) is 0 Å². The van der Waals surface area contributed by atoms with Crippen LogP contribution in [0.3, 0.4) is 0 Å². The van der Waals surface area contributed by atoms with Crippen LogP contribution in [-0.4, -0.2) is 33.8 Å². The van der Waals surface area contributed by atoms with Crippen molar-refractivity contribution in [2.75, 3.05) is 13.1 Å². The number of halogens is 3. The molecular formula is C23H22Cl2FN3O2. The molecule has 1 aliphatic heterocycles. The number of benzene rings is 2. The van der Waals surface area contributed by atoms with Gasteiger partial charge in [0.05, 0.1) is 16.6 Å². The highest BCUT2D eigenvalue weighted by atomic mass is 35.5. The summed E-state index contributed by atoms with van der Waals surface area (Å²) in [5.41, 5.74) is 2.11. The van der Waals surface area contributed by atoms with E-state index in [1.165, 1.54) is 18.4 Å². The van der Waals surface area contributed by atoms with E-state index in [1.807, 2.05) is 12.1 Å². The summed E-state index contributed by atoms with van der Waals surface area (Å²) in [7, 11) is 0. The van der Waals surface area contributed by atoms with Gasteiger partial charge in [-0.2, -0.15) is 0 Å². The van der Waals surface area contributed by atoms with Crippen molar-refractivity contribution in [2.24, 2.45) is 0 Å². The highest BCUT2D eigenvalue weighted by Gasteiger charge is 2.23. The third-order valence-electron chi connectivity index (χ3n) is 5.27. The molecule has 2 aromatic carbocycles. The molecule has 4 rings (SSSR count). The molecule has 0 N–H and O–H groups in total. The molecule has 0 spiro atoms. The lowest BCUT2D eigenvalue weighted by Gasteiger charge is -2.22. The Kier molecular flexibility index (Phi) is 6.90. The normalized spacial score (nSPS) is 13.9. The Morgan fingerprint density at radius 1 is 1.06 bits per heavy atom. The Labute approximate surface area is 190 Å². The number of carbonyl (C=O) groups excluding carboxylic acids is 1. The summed E-state index contributed by atoms with van der Waals surface area (Å²) in [6.45, 7) is 2.86. The molecule has 1 amide bonds. The molecule has 2 heterocycles. The van der Waals surface area contributed by atoms with E-state index in [2.05, 4.69) is 9.88 Å². The van der Waals surface area contributed by atoms with Crippen LogP contribution in [0.4, 0.5) is 4.39 Å². The van der Waals surface area contributed by atoms with Crippen molar-refractivity contribution in [3.05, 3.63) is 87.3 Å². The Balaban J connectivity index is 1.53. The molecule has 3 aromatic rings. The van der Waals surface area contributed by atoms with Crippen LogP contribution in [0, 0.1) is 5.82 Å². The second-order valence-corrected chi connectivity index (χ2v) is 8.40. The van der Waals surface area contributed by atoms with E-state index in [4.69, 9.17) is 27.6 Å². The molecule has 1 aliphatic rings. The maximum absolute atomic E-state index is 13.3. The SMILES string of the molecule is O=C(c1coc(CN(Cc2ccc(F)cc2)Cc2cccc(Cl)c2Cl)n1)N1CCCC1. The van der Waals surface area contributed by atoms with E-state index in [9.17, 15) is 9.18 Å². The largest absolute Gasteiger partial charge is 0.447 e. The van der Waals surface area contributed by atoms with Crippen LogP contribution < -0.4 is 0 Å². The molecule has 0 atom stereocenters. The lowest BCUT2D eigenvalue weighted by molar-refractivity contribution is 0.0787. The summed E-state index contributed by atoms with van der Waals surface area (Å²) in [5, 5.41) is 0.973. The Bertz CT molecular complexity index is 1050. The van der Waals surface area contributed by atoms with E-state index in [0.717, 1.165) is 37.1 Å². The van der Waals surface area contributed by atoms with Crippen molar-refractivity contribution in [2.45, 2.75) is 32.5 Å². The quantitative estimate of drug-likeness (QED) is 0.462. The number of rotatable bonds is 7. The lowest BCUT2D eigenvalue weighted by atomic mass is 10.1. The van der Waals surface area contributed by atoms with Gasteiger partial charge in [0.15, 0.2) is 5.69 Å². The van der Waals surface area contributed by atoms with Crippen LogP contribution in [0.25, 0.3) is 0 Å². The molecule has 31 heavy (non-hydrogen) atoms. The van der Waals surface area contributed by atoms with Crippen molar-refractivity contribution in [1.29, 1.82) is 0 Å². The molecule has 0 unspecified atom stereocenters. The van der Waals surface area contributed by atoms with E-state index in [0.29, 0.717) is 41.3 Å². The number of nitrogens with zero attached hydrogens (tertiary/aromatic N) is 3. The molecule has 8 heteroatoms. The molecule has 1 fully saturated rings. The van der Waals surface area contributed by atoms with E-state index < -0.39 is 0 Å². The molecule has 1 aromatic heterocycles. The van der Waals surface area contributed by atoms with Crippen molar-refractivity contribution < 1.29 is 13.6 Å². The van der Waals surface area contributed by atoms with Gasteiger partial charge in [0, 0.05) is 26.2 Å². The number of hydrogen-bond acceptors (Lipinski definition) is 4. The second kappa shape index (κ2) is 9.81. The lowest BCUT2D eigenvalue weighted by Crippen LogP contribution is -2.28. The maximum Gasteiger partial charge on any atom is 0.275 e. The fourth-order valence-electron chi connectivity index (χ4n) is 3.68. The second-order valence-electron chi connectivity index (χ2n) is 7.61. The summed E-state index contributed by atoms with van der Waals surface area (Å²) in [6, 6.07) is 11.8. The van der Waals surface area contributed by atoms with Crippen LogP contribution in [0.1, 0.15) is 40.3 Å². The molecule has 5 nitrogen and oxygen atoms in total. The van der Waals surface area contributed by atoms with E-state index >= 15 is 0 Å². The number of likely N-dealkylation sites (tertiary alicyclic amines) is 1. The predicted octanol–water partition coefficient (Wildman–Crippen LogP) is 5.56.